The Morgan fingerprint density at radius 3 is 2.93 bits per heavy atom. The van der Waals surface area contributed by atoms with E-state index < -0.39 is 0 Å². The Morgan fingerprint density at radius 1 is 1.47 bits per heavy atom. The van der Waals surface area contributed by atoms with Crippen molar-refractivity contribution in [1.29, 1.82) is 0 Å². The van der Waals surface area contributed by atoms with E-state index in [1.807, 2.05) is 31.2 Å². The van der Waals surface area contributed by atoms with Gasteiger partial charge in [0, 0.05) is 6.42 Å². The lowest BCUT2D eigenvalue weighted by Crippen LogP contribution is -1.89. The van der Waals surface area contributed by atoms with Crippen LogP contribution in [0.4, 0.5) is 0 Å². The van der Waals surface area contributed by atoms with Crippen LogP contribution >= 0.6 is 0 Å². The van der Waals surface area contributed by atoms with Crippen molar-refractivity contribution >= 4 is 6.29 Å². The second-order valence-electron chi connectivity index (χ2n) is 3.48. The van der Waals surface area contributed by atoms with Crippen molar-refractivity contribution in [2.75, 3.05) is 7.11 Å². The van der Waals surface area contributed by atoms with Gasteiger partial charge in [0.25, 0.3) is 0 Å². The molecule has 0 saturated carbocycles. The monoisotopic (exact) mass is 204 g/mol. The number of aldehydes is 1. The first-order valence-corrected chi connectivity index (χ1v) is 4.98. The fourth-order valence-corrected chi connectivity index (χ4v) is 1.43. The van der Waals surface area contributed by atoms with Gasteiger partial charge in [-0.1, -0.05) is 23.8 Å². The molecule has 0 N–H and O–H groups in total. The van der Waals surface area contributed by atoms with E-state index in [0.717, 1.165) is 18.5 Å². The van der Waals surface area contributed by atoms with E-state index in [9.17, 15) is 4.79 Å². The Morgan fingerprint density at radius 2 is 2.27 bits per heavy atom. The minimum absolute atomic E-state index is 0.496. The van der Waals surface area contributed by atoms with Crippen molar-refractivity contribution in [3.05, 3.63) is 41.5 Å². The molecule has 0 heterocycles. The predicted octanol–water partition coefficient (Wildman–Crippen LogP) is 2.77. The third kappa shape index (κ3) is 3.98. The molecule has 0 atom stereocenters. The van der Waals surface area contributed by atoms with Crippen molar-refractivity contribution in [2.24, 2.45) is 0 Å². The van der Waals surface area contributed by atoms with Gasteiger partial charge in [0.15, 0.2) is 0 Å². The summed E-state index contributed by atoms with van der Waals surface area (Å²) in [6, 6.07) is 7.97. The number of hydrogen-bond donors (Lipinski definition) is 0. The van der Waals surface area contributed by atoms with Crippen molar-refractivity contribution in [3.8, 4) is 5.75 Å². The van der Waals surface area contributed by atoms with Gasteiger partial charge in [-0.05, 0) is 31.0 Å². The molecule has 0 aliphatic heterocycles. The lowest BCUT2D eigenvalue weighted by atomic mass is 10.1. The van der Waals surface area contributed by atoms with E-state index in [2.05, 4.69) is 6.07 Å². The molecule has 0 radical (unpaired) electrons. The summed E-state index contributed by atoms with van der Waals surface area (Å²) in [6.45, 7) is 2.03. The third-order valence-electron chi connectivity index (χ3n) is 2.18. The molecule has 0 unspecified atom stereocenters. The molecule has 0 spiro atoms. The normalized spacial score (nSPS) is 11.2. The summed E-state index contributed by atoms with van der Waals surface area (Å²) in [5.74, 6) is 0.871. The Balaban J connectivity index is 2.67. The lowest BCUT2D eigenvalue weighted by molar-refractivity contribution is -0.107. The molecule has 0 bridgehead atoms. The number of ether oxygens (including phenoxy) is 1. The van der Waals surface area contributed by atoms with Crippen LogP contribution in [-0.2, 0) is 11.2 Å². The largest absolute Gasteiger partial charge is 0.497 e. The number of methoxy groups -OCH3 is 1. The zero-order valence-corrected chi connectivity index (χ0v) is 9.19. The first-order valence-electron chi connectivity index (χ1n) is 4.98. The van der Waals surface area contributed by atoms with E-state index in [1.54, 1.807) is 7.11 Å². The molecule has 1 aromatic carbocycles. The van der Waals surface area contributed by atoms with Crippen molar-refractivity contribution in [1.82, 2.24) is 0 Å². The van der Waals surface area contributed by atoms with E-state index >= 15 is 0 Å². The highest BCUT2D eigenvalue weighted by atomic mass is 16.5. The molecule has 1 rings (SSSR count). The summed E-state index contributed by atoms with van der Waals surface area (Å²) >= 11 is 0. The van der Waals surface area contributed by atoms with Crippen LogP contribution in [0.1, 0.15) is 18.9 Å². The highest BCUT2D eigenvalue weighted by Crippen LogP contribution is 2.15. The standard InChI is InChI=1S/C13H16O2/c1-11(5-4-8-14)9-12-6-3-7-13(10-12)15-2/h3,5-8,10H,4,9H2,1-2H3. The van der Waals surface area contributed by atoms with Gasteiger partial charge >= 0.3 is 0 Å². The van der Waals surface area contributed by atoms with Crippen LogP contribution in [0.2, 0.25) is 0 Å². The van der Waals surface area contributed by atoms with E-state index in [-0.39, 0.29) is 0 Å². The number of allylic oxidation sites excluding steroid dienone is 2. The first kappa shape index (κ1) is 11.5. The molecular weight excluding hydrogens is 188 g/mol. The fraction of sp³-hybridized carbons (Fsp3) is 0.308. The highest BCUT2D eigenvalue weighted by molar-refractivity contribution is 5.52. The van der Waals surface area contributed by atoms with E-state index in [0.29, 0.717) is 6.42 Å². The minimum Gasteiger partial charge on any atom is -0.497 e. The average molecular weight is 204 g/mol. The smallest absolute Gasteiger partial charge is 0.123 e. The molecule has 2 heteroatoms. The molecule has 0 aromatic heterocycles. The first-order chi connectivity index (χ1) is 7.26. The molecule has 15 heavy (non-hydrogen) atoms. The van der Waals surface area contributed by atoms with Crippen LogP contribution in [0.25, 0.3) is 0 Å². The van der Waals surface area contributed by atoms with E-state index in [4.69, 9.17) is 4.74 Å². The SMILES string of the molecule is COc1cccc(CC(C)=CCC=O)c1. The van der Waals surface area contributed by atoms with Crippen LogP contribution in [-0.4, -0.2) is 13.4 Å². The second-order valence-corrected chi connectivity index (χ2v) is 3.48. The Labute approximate surface area is 90.6 Å². The van der Waals surface area contributed by atoms with Crippen LogP contribution in [0.3, 0.4) is 0 Å². The van der Waals surface area contributed by atoms with Crippen molar-refractivity contribution in [3.63, 3.8) is 0 Å². The van der Waals surface area contributed by atoms with Gasteiger partial charge in [-0.25, -0.2) is 0 Å². The summed E-state index contributed by atoms with van der Waals surface area (Å²) in [5.41, 5.74) is 2.41. The number of benzene rings is 1. The molecule has 0 aliphatic rings. The van der Waals surface area contributed by atoms with Gasteiger partial charge in [0.2, 0.25) is 0 Å². The zero-order chi connectivity index (χ0) is 11.1. The fourth-order valence-electron chi connectivity index (χ4n) is 1.43. The Bertz CT molecular complexity index is 353. The molecule has 0 saturated heterocycles. The molecule has 2 nitrogen and oxygen atoms in total. The van der Waals surface area contributed by atoms with Crippen LogP contribution < -0.4 is 4.74 Å². The molecule has 0 amide bonds. The van der Waals surface area contributed by atoms with E-state index in [1.165, 1.54) is 11.1 Å². The van der Waals surface area contributed by atoms with Crippen LogP contribution in [0, 0.1) is 0 Å². The minimum atomic E-state index is 0.496. The summed E-state index contributed by atoms with van der Waals surface area (Å²) in [4.78, 5) is 10.2. The third-order valence-corrected chi connectivity index (χ3v) is 2.18. The summed E-state index contributed by atoms with van der Waals surface area (Å²) in [6.07, 6.45) is 4.22. The quantitative estimate of drug-likeness (QED) is 0.544. The van der Waals surface area contributed by atoms with Gasteiger partial charge in [-0.2, -0.15) is 0 Å². The van der Waals surface area contributed by atoms with Gasteiger partial charge in [-0.15, -0.1) is 0 Å². The second kappa shape index (κ2) is 6.02. The van der Waals surface area contributed by atoms with Gasteiger partial charge in [0.1, 0.15) is 12.0 Å². The maximum Gasteiger partial charge on any atom is 0.123 e. The van der Waals surface area contributed by atoms with Crippen LogP contribution in [0.15, 0.2) is 35.9 Å². The lowest BCUT2D eigenvalue weighted by Gasteiger charge is -2.04. The Kier molecular flexibility index (Phi) is 4.61. The van der Waals surface area contributed by atoms with Gasteiger partial charge < -0.3 is 9.53 Å². The van der Waals surface area contributed by atoms with Crippen molar-refractivity contribution in [2.45, 2.75) is 19.8 Å². The number of rotatable bonds is 5. The maximum absolute atomic E-state index is 10.2. The molecule has 1 aromatic rings. The Hall–Kier alpha value is -1.57. The van der Waals surface area contributed by atoms with Crippen molar-refractivity contribution < 1.29 is 9.53 Å². The summed E-state index contributed by atoms with van der Waals surface area (Å²) < 4.78 is 5.14. The van der Waals surface area contributed by atoms with Crippen LogP contribution in [0.5, 0.6) is 5.75 Å². The van der Waals surface area contributed by atoms with Gasteiger partial charge in [0.05, 0.1) is 7.11 Å². The predicted molar refractivity (Wildman–Crippen MR) is 61.1 cm³/mol. The highest BCUT2D eigenvalue weighted by Gasteiger charge is 1.96. The molecular formula is C13H16O2. The topological polar surface area (TPSA) is 26.3 Å². The molecule has 80 valence electrons. The summed E-state index contributed by atoms with van der Waals surface area (Å²) in [5, 5.41) is 0. The zero-order valence-electron chi connectivity index (χ0n) is 9.19. The average Bonchev–Trinajstić information content (AvgIpc) is 2.26. The number of hydrogen-bond acceptors (Lipinski definition) is 2. The number of carbonyl (C=O) groups excluding carboxylic acids is 1. The summed E-state index contributed by atoms with van der Waals surface area (Å²) in [7, 11) is 1.66. The van der Waals surface area contributed by atoms with Gasteiger partial charge in [-0.3, -0.25) is 0 Å². The maximum atomic E-state index is 10.2. The number of carbonyl (C=O) groups is 1. The molecule has 0 aliphatic carbocycles. The molecule has 0 fully saturated rings.